The maximum Gasteiger partial charge on any atom is 0.205 e. The number of hydrogen-bond acceptors (Lipinski definition) is 6. The molecule has 0 aliphatic rings. The summed E-state index contributed by atoms with van der Waals surface area (Å²) < 4.78 is 0. The van der Waals surface area contributed by atoms with Crippen molar-refractivity contribution in [3.8, 4) is 17.2 Å². The molecule has 7 nitrogen and oxygen atoms in total. The summed E-state index contributed by atoms with van der Waals surface area (Å²) in [6.45, 7) is 0. The van der Waals surface area contributed by atoms with E-state index in [1.807, 2.05) is 30.3 Å². The molecule has 3 rings (SSSR count). The number of nitrogens with two attached hydrogens (primary N) is 1. The Morgan fingerprint density at radius 2 is 1.94 bits per heavy atom. The van der Waals surface area contributed by atoms with Crippen molar-refractivity contribution in [1.82, 2.24) is 30.2 Å². The average molecular weight is 239 g/mol. The molecule has 0 saturated heterocycles. The number of benzene rings is 1. The van der Waals surface area contributed by atoms with Crippen molar-refractivity contribution in [2.24, 2.45) is 0 Å². The largest absolute Gasteiger partial charge is 0.394 e. The van der Waals surface area contributed by atoms with Crippen molar-refractivity contribution in [2.75, 3.05) is 5.73 Å². The van der Waals surface area contributed by atoms with Crippen molar-refractivity contribution < 1.29 is 0 Å². The highest BCUT2D eigenvalue weighted by atomic mass is 15.6. The Labute approximate surface area is 102 Å². The Hall–Kier alpha value is -2.83. The molecule has 0 bridgehead atoms. The molecule has 0 unspecified atom stereocenters. The van der Waals surface area contributed by atoms with Gasteiger partial charge in [0.05, 0.1) is 11.9 Å². The zero-order chi connectivity index (χ0) is 12.4. The van der Waals surface area contributed by atoms with Crippen molar-refractivity contribution in [2.45, 2.75) is 0 Å². The molecular weight excluding hydrogens is 230 g/mol. The van der Waals surface area contributed by atoms with E-state index in [9.17, 15) is 0 Å². The first-order valence-corrected chi connectivity index (χ1v) is 5.26. The molecule has 0 atom stereocenters. The Balaban J connectivity index is 2.03. The van der Waals surface area contributed by atoms with Crippen LogP contribution in [0.4, 0.5) is 5.69 Å². The van der Waals surface area contributed by atoms with E-state index >= 15 is 0 Å². The highest BCUT2D eigenvalue weighted by Gasteiger charge is 2.09. The highest BCUT2D eigenvalue weighted by molar-refractivity contribution is 5.54. The fourth-order valence-corrected chi connectivity index (χ4v) is 1.51. The minimum absolute atomic E-state index is 0.398. The van der Waals surface area contributed by atoms with Gasteiger partial charge < -0.3 is 5.73 Å². The SMILES string of the molecule is Nc1cncnc1-n1nnc(-c2ccccc2)n1. The van der Waals surface area contributed by atoms with Gasteiger partial charge in [0, 0.05) is 5.56 Å². The number of aromatic nitrogens is 6. The first kappa shape index (κ1) is 10.3. The van der Waals surface area contributed by atoms with Crippen molar-refractivity contribution in [3.05, 3.63) is 42.9 Å². The van der Waals surface area contributed by atoms with Crippen LogP contribution in [0.25, 0.3) is 17.2 Å². The second-order valence-electron chi connectivity index (χ2n) is 3.57. The van der Waals surface area contributed by atoms with Crippen LogP contribution < -0.4 is 5.73 Å². The van der Waals surface area contributed by atoms with Crippen LogP contribution >= 0.6 is 0 Å². The first-order chi connectivity index (χ1) is 8.84. The van der Waals surface area contributed by atoms with Gasteiger partial charge in [-0.2, -0.15) is 0 Å². The van der Waals surface area contributed by atoms with Crippen LogP contribution in [0, 0.1) is 0 Å². The number of hydrogen-bond donors (Lipinski definition) is 1. The summed E-state index contributed by atoms with van der Waals surface area (Å²) >= 11 is 0. The number of tetrazole rings is 1. The third kappa shape index (κ3) is 1.77. The van der Waals surface area contributed by atoms with E-state index in [-0.39, 0.29) is 0 Å². The molecule has 0 radical (unpaired) electrons. The van der Waals surface area contributed by atoms with Gasteiger partial charge in [-0.25, -0.2) is 9.97 Å². The van der Waals surface area contributed by atoms with Crippen LogP contribution in [0.2, 0.25) is 0 Å². The van der Waals surface area contributed by atoms with E-state index in [0.717, 1.165) is 5.56 Å². The Bertz CT molecular complexity index is 662. The fraction of sp³-hybridized carbons (Fsp3) is 0. The van der Waals surface area contributed by atoms with Gasteiger partial charge in [0.15, 0.2) is 0 Å². The lowest BCUT2D eigenvalue weighted by Crippen LogP contribution is -2.06. The second-order valence-corrected chi connectivity index (χ2v) is 3.57. The topological polar surface area (TPSA) is 95.4 Å². The quantitative estimate of drug-likeness (QED) is 0.707. The Morgan fingerprint density at radius 1 is 1.11 bits per heavy atom. The minimum atomic E-state index is 0.398. The smallest absolute Gasteiger partial charge is 0.205 e. The van der Waals surface area contributed by atoms with Crippen LogP contribution in [-0.2, 0) is 0 Å². The van der Waals surface area contributed by atoms with E-state index < -0.39 is 0 Å². The molecule has 0 saturated carbocycles. The number of rotatable bonds is 2. The first-order valence-electron chi connectivity index (χ1n) is 5.26. The van der Waals surface area contributed by atoms with Gasteiger partial charge in [0.2, 0.25) is 11.6 Å². The lowest BCUT2D eigenvalue weighted by Gasteiger charge is -1.99. The van der Waals surface area contributed by atoms with E-state index in [0.29, 0.717) is 17.3 Å². The molecule has 2 N–H and O–H groups in total. The molecule has 88 valence electrons. The molecule has 3 aromatic rings. The van der Waals surface area contributed by atoms with Crippen LogP contribution in [0.3, 0.4) is 0 Å². The zero-order valence-corrected chi connectivity index (χ0v) is 9.30. The monoisotopic (exact) mass is 239 g/mol. The van der Waals surface area contributed by atoms with Gasteiger partial charge in [-0.05, 0) is 5.21 Å². The predicted molar refractivity (Wildman–Crippen MR) is 64.6 cm³/mol. The molecule has 0 aliphatic carbocycles. The van der Waals surface area contributed by atoms with Crippen LogP contribution in [-0.4, -0.2) is 30.2 Å². The summed E-state index contributed by atoms with van der Waals surface area (Å²) in [7, 11) is 0. The number of nitrogen functional groups attached to an aromatic ring is 1. The normalized spacial score (nSPS) is 10.4. The Kier molecular flexibility index (Phi) is 2.41. The van der Waals surface area contributed by atoms with Gasteiger partial charge in [-0.1, -0.05) is 30.3 Å². The summed E-state index contributed by atoms with van der Waals surface area (Å²) in [5.41, 5.74) is 7.03. The molecule has 2 aromatic heterocycles. The summed E-state index contributed by atoms with van der Waals surface area (Å²) in [5.74, 6) is 0.938. The molecule has 18 heavy (non-hydrogen) atoms. The van der Waals surface area contributed by atoms with Crippen molar-refractivity contribution in [1.29, 1.82) is 0 Å². The van der Waals surface area contributed by atoms with E-state index in [1.165, 1.54) is 17.3 Å². The molecule has 0 spiro atoms. The second kappa shape index (κ2) is 4.21. The standard InChI is InChI=1S/C11H9N7/c12-9-6-13-7-14-11(9)18-16-10(15-17-18)8-4-2-1-3-5-8/h1-7H,12H2. The summed E-state index contributed by atoms with van der Waals surface area (Å²) in [6.07, 6.45) is 2.88. The maximum absolute atomic E-state index is 5.75. The molecule has 1 aromatic carbocycles. The van der Waals surface area contributed by atoms with Gasteiger partial charge in [0.1, 0.15) is 6.33 Å². The third-order valence-corrected chi connectivity index (χ3v) is 2.35. The molecule has 2 heterocycles. The average Bonchev–Trinajstić information content (AvgIpc) is 2.90. The zero-order valence-electron chi connectivity index (χ0n) is 9.30. The third-order valence-electron chi connectivity index (χ3n) is 2.35. The predicted octanol–water partition coefficient (Wildman–Crippen LogP) is 0.702. The molecule has 0 aliphatic heterocycles. The molecule has 0 fully saturated rings. The van der Waals surface area contributed by atoms with Gasteiger partial charge in [-0.3, -0.25) is 0 Å². The van der Waals surface area contributed by atoms with Gasteiger partial charge >= 0.3 is 0 Å². The highest BCUT2D eigenvalue weighted by Crippen LogP contribution is 2.14. The van der Waals surface area contributed by atoms with Crippen LogP contribution in [0.15, 0.2) is 42.9 Å². The summed E-state index contributed by atoms with van der Waals surface area (Å²) in [4.78, 5) is 9.12. The number of anilines is 1. The van der Waals surface area contributed by atoms with Gasteiger partial charge in [0.25, 0.3) is 0 Å². The molecule has 0 amide bonds. The fourth-order valence-electron chi connectivity index (χ4n) is 1.51. The van der Waals surface area contributed by atoms with E-state index in [4.69, 9.17) is 5.73 Å². The molecule has 7 heteroatoms. The van der Waals surface area contributed by atoms with E-state index in [2.05, 4.69) is 25.4 Å². The Morgan fingerprint density at radius 3 is 2.72 bits per heavy atom. The van der Waals surface area contributed by atoms with Crippen molar-refractivity contribution >= 4 is 5.69 Å². The summed E-state index contributed by atoms with van der Waals surface area (Å²) in [6, 6.07) is 9.57. The maximum atomic E-state index is 5.75. The van der Waals surface area contributed by atoms with Gasteiger partial charge in [-0.15, -0.1) is 15.0 Å². The van der Waals surface area contributed by atoms with Crippen LogP contribution in [0.1, 0.15) is 0 Å². The summed E-state index contributed by atoms with van der Waals surface area (Å²) in [5, 5.41) is 12.1. The molecular formula is C11H9N7. The van der Waals surface area contributed by atoms with Crippen LogP contribution in [0.5, 0.6) is 0 Å². The van der Waals surface area contributed by atoms with Crippen molar-refractivity contribution in [3.63, 3.8) is 0 Å². The lowest BCUT2D eigenvalue weighted by atomic mass is 10.2. The lowest BCUT2D eigenvalue weighted by molar-refractivity contribution is 0.700. The van der Waals surface area contributed by atoms with E-state index in [1.54, 1.807) is 0 Å². The minimum Gasteiger partial charge on any atom is -0.394 e. The number of nitrogens with zero attached hydrogens (tertiary/aromatic N) is 6.